The Bertz CT molecular complexity index is 617. The van der Waals surface area contributed by atoms with Crippen LogP contribution in [-0.2, 0) is 9.84 Å². The maximum absolute atomic E-state index is 11.2. The van der Waals surface area contributed by atoms with Crippen LogP contribution in [0.15, 0.2) is 35.3 Å². The normalized spacial score (nSPS) is 14.8. The van der Waals surface area contributed by atoms with Crippen molar-refractivity contribution in [2.45, 2.75) is 32.4 Å². The molecule has 0 bridgehead atoms. The minimum Gasteiger partial charge on any atom is -0.370 e. The fourth-order valence-electron chi connectivity index (χ4n) is 2.19. The number of benzene rings is 1. The Balaban J connectivity index is 2.46. The molecule has 0 fully saturated rings. The van der Waals surface area contributed by atoms with Crippen molar-refractivity contribution in [1.82, 2.24) is 10.6 Å². The van der Waals surface area contributed by atoms with Crippen LogP contribution in [0.25, 0.3) is 0 Å². The summed E-state index contributed by atoms with van der Waals surface area (Å²) in [7, 11) is 0.838. The summed E-state index contributed by atoms with van der Waals surface area (Å²) in [6.45, 7) is 4.82. The fourth-order valence-corrected chi connectivity index (χ4v) is 2.97. The summed E-state index contributed by atoms with van der Waals surface area (Å²) < 4.78 is 22.5. The van der Waals surface area contributed by atoms with Crippen molar-refractivity contribution in [1.29, 1.82) is 0 Å². The van der Waals surface area contributed by atoms with Gasteiger partial charge in [-0.25, -0.2) is 8.42 Å². The van der Waals surface area contributed by atoms with E-state index in [-0.39, 0.29) is 17.8 Å². The minimum atomic E-state index is -2.94. The molecule has 0 aliphatic rings. The van der Waals surface area contributed by atoms with E-state index in [9.17, 15) is 8.42 Å². The molecule has 6 nitrogen and oxygen atoms in total. The molecule has 0 radical (unpaired) electrons. The van der Waals surface area contributed by atoms with Crippen molar-refractivity contribution in [2.24, 2.45) is 4.99 Å². The summed E-state index contributed by atoms with van der Waals surface area (Å²) in [6.07, 6.45) is 1.81. The van der Waals surface area contributed by atoms with Crippen LogP contribution in [0.1, 0.15) is 20.3 Å². The van der Waals surface area contributed by atoms with Crippen LogP contribution in [0.2, 0.25) is 0 Å². The molecule has 1 aromatic rings. The Kier molecular flexibility index (Phi) is 8.04. The highest BCUT2D eigenvalue weighted by Crippen LogP contribution is 2.13. The predicted octanol–water partition coefficient (Wildman–Crippen LogP) is 1.50. The topological polar surface area (TPSA) is 73.8 Å². The number of nitrogens with zero attached hydrogens (tertiary/aromatic N) is 2. The van der Waals surface area contributed by atoms with E-state index < -0.39 is 9.84 Å². The van der Waals surface area contributed by atoms with Crippen LogP contribution in [0.3, 0.4) is 0 Å². The van der Waals surface area contributed by atoms with Gasteiger partial charge in [-0.05, 0) is 32.4 Å². The van der Waals surface area contributed by atoms with E-state index in [0.29, 0.717) is 12.4 Å². The van der Waals surface area contributed by atoms with Gasteiger partial charge in [0.2, 0.25) is 0 Å². The van der Waals surface area contributed by atoms with Crippen molar-refractivity contribution < 1.29 is 8.42 Å². The predicted molar refractivity (Wildman–Crippen MR) is 103 cm³/mol. The second kappa shape index (κ2) is 9.52. The zero-order valence-electron chi connectivity index (χ0n) is 15.3. The van der Waals surface area contributed by atoms with E-state index in [4.69, 9.17) is 0 Å². The Hall–Kier alpha value is -1.76. The van der Waals surface area contributed by atoms with Crippen LogP contribution in [-0.4, -0.2) is 59.1 Å². The maximum Gasteiger partial charge on any atom is 0.191 e. The van der Waals surface area contributed by atoms with Crippen molar-refractivity contribution >= 4 is 21.5 Å². The monoisotopic (exact) mass is 354 g/mol. The molecule has 24 heavy (non-hydrogen) atoms. The van der Waals surface area contributed by atoms with Gasteiger partial charge in [-0.2, -0.15) is 0 Å². The van der Waals surface area contributed by atoms with Crippen molar-refractivity contribution in [3.63, 3.8) is 0 Å². The van der Waals surface area contributed by atoms with E-state index in [2.05, 4.69) is 46.6 Å². The van der Waals surface area contributed by atoms with Crippen LogP contribution in [0.5, 0.6) is 0 Å². The van der Waals surface area contributed by atoms with Crippen LogP contribution >= 0.6 is 0 Å². The summed E-state index contributed by atoms with van der Waals surface area (Å²) in [5.41, 5.74) is 1.16. The number of rotatable bonds is 8. The molecule has 0 saturated heterocycles. The van der Waals surface area contributed by atoms with Gasteiger partial charge in [0.05, 0.1) is 5.75 Å². The van der Waals surface area contributed by atoms with Gasteiger partial charge in [0, 0.05) is 44.7 Å². The Morgan fingerprint density at radius 1 is 1.25 bits per heavy atom. The smallest absolute Gasteiger partial charge is 0.191 e. The third-order valence-electron chi connectivity index (χ3n) is 3.92. The van der Waals surface area contributed by atoms with Gasteiger partial charge in [-0.1, -0.05) is 18.2 Å². The van der Waals surface area contributed by atoms with Crippen LogP contribution in [0.4, 0.5) is 5.69 Å². The van der Waals surface area contributed by atoms with Gasteiger partial charge in [-0.3, -0.25) is 4.99 Å². The first-order valence-corrected chi connectivity index (χ1v) is 10.2. The number of hydrogen-bond donors (Lipinski definition) is 2. The molecule has 2 atom stereocenters. The van der Waals surface area contributed by atoms with Gasteiger partial charge >= 0.3 is 0 Å². The summed E-state index contributed by atoms with van der Waals surface area (Å²) in [5, 5.41) is 6.52. The van der Waals surface area contributed by atoms with Crippen LogP contribution in [0, 0.1) is 0 Å². The highest BCUT2D eigenvalue weighted by atomic mass is 32.2. The lowest BCUT2D eigenvalue weighted by atomic mass is 10.2. The molecule has 0 heterocycles. The molecular formula is C17H30N4O2S. The van der Waals surface area contributed by atoms with E-state index in [0.717, 1.165) is 12.2 Å². The van der Waals surface area contributed by atoms with Gasteiger partial charge < -0.3 is 15.5 Å². The first-order chi connectivity index (χ1) is 11.2. The number of likely N-dealkylation sites (N-methyl/N-ethyl adjacent to an activating group) is 1. The Morgan fingerprint density at radius 3 is 2.42 bits per heavy atom. The number of para-hydroxylation sites is 1. The van der Waals surface area contributed by atoms with E-state index >= 15 is 0 Å². The average Bonchev–Trinajstić information content (AvgIpc) is 2.55. The number of nitrogens with one attached hydrogen (secondary N) is 2. The highest BCUT2D eigenvalue weighted by Gasteiger charge is 2.12. The van der Waals surface area contributed by atoms with Gasteiger partial charge in [0.15, 0.2) is 5.96 Å². The lowest BCUT2D eigenvalue weighted by Gasteiger charge is -2.28. The quantitative estimate of drug-likeness (QED) is 0.547. The molecule has 1 rings (SSSR count). The third kappa shape index (κ3) is 7.68. The minimum absolute atomic E-state index is 0.0353. The van der Waals surface area contributed by atoms with Crippen molar-refractivity contribution in [3.05, 3.63) is 30.3 Å². The second-order valence-corrected chi connectivity index (χ2v) is 8.47. The number of sulfone groups is 1. The molecule has 2 unspecified atom stereocenters. The largest absolute Gasteiger partial charge is 0.370 e. The summed E-state index contributed by atoms with van der Waals surface area (Å²) in [5.74, 6) is 0.856. The molecular weight excluding hydrogens is 324 g/mol. The molecule has 136 valence electrons. The number of aliphatic imine (C=N–C) groups is 1. The van der Waals surface area contributed by atoms with Gasteiger partial charge in [0.25, 0.3) is 0 Å². The summed E-state index contributed by atoms with van der Waals surface area (Å²) in [6, 6.07) is 10.5. The first kappa shape index (κ1) is 20.3. The molecule has 1 aromatic carbocycles. The summed E-state index contributed by atoms with van der Waals surface area (Å²) in [4.78, 5) is 6.40. The van der Waals surface area contributed by atoms with E-state index in [1.54, 1.807) is 7.05 Å². The third-order valence-corrected chi connectivity index (χ3v) is 4.90. The standard InChI is InChI=1S/C17H30N4O2S/c1-14(11-12-24(5,22)23)20-17(18-3)19-13-15(2)21(4)16-9-7-6-8-10-16/h6-10,14-15H,11-13H2,1-5H3,(H2,18,19,20). The second-order valence-electron chi connectivity index (χ2n) is 6.21. The Labute approximate surface area is 146 Å². The first-order valence-electron chi connectivity index (χ1n) is 8.15. The number of hydrogen-bond acceptors (Lipinski definition) is 4. The molecule has 0 saturated carbocycles. The van der Waals surface area contributed by atoms with Crippen molar-refractivity contribution in [3.8, 4) is 0 Å². The molecule has 2 N–H and O–H groups in total. The molecule has 7 heteroatoms. The lowest BCUT2D eigenvalue weighted by Crippen LogP contribution is -2.47. The maximum atomic E-state index is 11.2. The van der Waals surface area contributed by atoms with Crippen LogP contribution < -0.4 is 15.5 Å². The highest BCUT2D eigenvalue weighted by molar-refractivity contribution is 7.90. The molecule has 0 aliphatic carbocycles. The molecule has 0 spiro atoms. The molecule has 0 aromatic heterocycles. The fraction of sp³-hybridized carbons (Fsp3) is 0.588. The number of anilines is 1. The molecule has 0 amide bonds. The summed E-state index contributed by atoms with van der Waals surface area (Å²) >= 11 is 0. The van der Waals surface area contributed by atoms with E-state index in [1.165, 1.54) is 6.26 Å². The van der Waals surface area contributed by atoms with E-state index in [1.807, 2.05) is 25.1 Å². The number of guanidine groups is 1. The van der Waals surface area contributed by atoms with Gasteiger partial charge in [0.1, 0.15) is 9.84 Å². The zero-order chi connectivity index (χ0) is 18.2. The lowest BCUT2D eigenvalue weighted by molar-refractivity contribution is 0.578. The average molecular weight is 355 g/mol. The SMILES string of the molecule is CN=C(NCC(C)N(C)c1ccccc1)NC(C)CCS(C)(=O)=O. The van der Waals surface area contributed by atoms with Crippen molar-refractivity contribution in [2.75, 3.05) is 37.5 Å². The van der Waals surface area contributed by atoms with Gasteiger partial charge in [-0.15, -0.1) is 0 Å². The Morgan fingerprint density at radius 2 is 1.88 bits per heavy atom. The zero-order valence-corrected chi connectivity index (χ0v) is 16.1. The molecule has 0 aliphatic heterocycles.